The second kappa shape index (κ2) is 7.72. The van der Waals surface area contributed by atoms with Crippen molar-refractivity contribution in [2.24, 2.45) is 0 Å². The van der Waals surface area contributed by atoms with E-state index in [2.05, 4.69) is 31.1 Å². The van der Waals surface area contributed by atoms with Crippen molar-refractivity contribution in [2.75, 3.05) is 43.4 Å². The number of nitriles is 1. The lowest BCUT2D eigenvalue weighted by Gasteiger charge is -2.35. The van der Waals surface area contributed by atoms with Gasteiger partial charge in [-0.3, -0.25) is 9.30 Å². The van der Waals surface area contributed by atoms with Crippen LogP contribution in [0.1, 0.15) is 5.56 Å². The van der Waals surface area contributed by atoms with Crippen LogP contribution in [0.15, 0.2) is 47.9 Å². The van der Waals surface area contributed by atoms with Crippen LogP contribution in [0.4, 0.5) is 5.82 Å². The zero-order valence-corrected chi connectivity index (χ0v) is 15.1. The molecule has 1 saturated heterocycles. The van der Waals surface area contributed by atoms with E-state index >= 15 is 0 Å². The first-order valence-electron chi connectivity index (χ1n) is 8.60. The Labute approximate surface area is 156 Å². The summed E-state index contributed by atoms with van der Waals surface area (Å²) in [6, 6.07) is 11.8. The summed E-state index contributed by atoms with van der Waals surface area (Å²) < 4.78 is 2.02. The lowest BCUT2D eigenvalue weighted by Crippen LogP contribution is -2.47. The molecular weight excluding hydrogens is 346 g/mol. The van der Waals surface area contributed by atoms with Crippen LogP contribution in [0.25, 0.3) is 5.65 Å². The smallest absolute Gasteiger partial charge is 0.195 e. The lowest BCUT2D eigenvalue weighted by molar-refractivity contribution is 0.272. The number of rotatable bonds is 5. The quantitative estimate of drug-likeness (QED) is 0.640. The number of pyridine rings is 2. The topological polar surface area (TPSA) is 73.3 Å². The number of anilines is 1. The minimum atomic E-state index is 0.648. The van der Waals surface area contributed by atoms with Crippen LogP contribution in [-0.2, 0) is 0 Å². The van der Waals surface area contributed by atoms with E-state index < -0.39 is 0 Å². The maximum atomic E-state index is 9.24. The summed E-state index contributed by atoms with van der Waals surface area (Å²) in [5, 5.41) is 18.6. The Kier molecular flexibility index (Phi) is 5.00. The molecule has 0 saturated carbocycles. The molecule has 4 rings (SSSR count). The number of nitrogens with zero attached hydrogens (tertiary/aromatic N) is 7. The highest BCUT2D eigenvalue weighted by atomic mass is 32.2. The third-order valence-corrected chi connectivity index (χ3v) is 5.42. The molecule has 0 N–H and O–H groups in total. The van der Waals surface area contributed by atoms with Crippen LogP contribution in [0.3, 0.4) is 0 Å². The SMILES string of the molecule is N#Cc1cccnc1N1CCN(CCSc2nnc3ccccn23)CC1. The Morgan fingerprint density at radius 1 is 1.08 bits per heavy atom. The zero-order valence-electron chi connectivity index (χ0n) is 14.3. The van der Waals surface area contributed by atoms with Crippen LogP contribution in [0.2, 0.25) is 0 Å². The monoisotopic (exact) mass is 365 g/mol. The largest absolute Gasteiger partial charge is 0.353 e. The van der Waals surface area contributed by atoms with Gasteiger partial charge in [0.25, 0.3) is 0 Å². The van der Waals surface area contributed by atoms with Gasteiger partial charge >= 0.3 is 0 Å². The van der Waals surface area contributed by atoms with Crippen molar-refractivity contribution in [3.63, 3.8) is 0 Å². The molecule has 1 aliphatic heterocycles. The molecule has 4 heterocycles. The highest BCUT2D eigenvalue weighted by Gasteiger charge is 2.20. The van der Waals surface area contributed by atoms with Gasteiger partial charge in [-0.1, -0.05) is 17.8 Å². The Balaban J connectivity index is 1.29. The van der Waals surface area contributed by atoms with E-state index in [9.17, 15) is 5.26 Å². The van der Waals surface area contributed by atoms with Crippen molar-refractivity contribution in [1.29, 1.82) is 5.26 Å². The highest BCUT2D eigenvalue weighted by Crippen LogP contribution is 2.19. The molecule has 3 aromatic rings. The molecule has 0 unspecified atom stereocenters. The molecular formula is C18H19N7S. The van der Waals surface area contributed by atoms with Gasteiger partial charge in [0, 0.05) is 50.9 Å². The number of piperazine rings is 1. The van der Waals surface area contributed by atoms with Gasteiger partial charge in [-0.2, -0.15) is 5.26 Å². The van der Waals surface area contributed by atoms with Gasteiger partial charge in [0.2, 0.25) is 0 Å². The fourth-order valence-electron chi connectivity index (χ4n) is 3.10. The number of hydrogen-bond donors (Lipinski definition) is 0. The first kappa shape index (κ1) is 16.8. The molecule has 0 aliphatic carbocycles. The number of hydrogen-bond acceptors (Lipinski definition) is 7. The van der Waals surface area contributed by atoms with Crippen LogP contribution in [0, 0.1) is 11.3 Å². The first-order chi connectivity index (χ1) is 12.8. The minimum Gasteiger partial charge on any atom is -0.353 e. The van der Waals surface area contributed by atoms with Crippen molar-refractivity contribution >= 4 is 23.2 Å². The van der Waals surface area contributed by atoms with E-state index in [0.717, 1.165) is 55.1 Å². The highest BCUT2D eigenvalue weighted by molar-refractivity contribution is 7.99. The molecule has 8 heteroatoms. The van der Waals surface area contributed by atoms with Gasteiger partial charge < -0.3 is 4.90 Å². The molecule has 26 heavy (non-hydrogen) atoms. The van der Waals surface area contributed by atoms with Gasteiger partial charge in [-0.25, -0.2) is 4.98 Å². The normalized spacial score (nSPS) is 15.3. The third-order valence-electron chi connectivity index (χ3n) is 4.50. The van der Waals surface area contributed by atoms with Crippen molar-refractivity contribution in [2.45, 2.75) is 5.16 Å². The van der Waals surface area contributed by atoms with Crippen molar-refractivity contribution < 1.29 is 0 Å². The molecule has 0 bridgehead atoms. The predicted octanol–water partition coefficient (Wildman–Crippen LogP) is 1.91. The molecule has 7 nitrogen and oxygen atoms in total. The summed E-state index contributed by atoms with van der Waals surface area (Å²) in [6.07, 6.45) is 3.75. The molecule has 1 aliphatic rings. The number of fused-ring (bicyclic) bond motifs is 1. The van der Waals surface area contributed by atoms with Crippen molar-refractivity contribution in [3.05, 3.63) is 48.3 Å². The van der Waals surface area contributed by atoms with Crippen LogP contribution in [-0.4, -0.2) is 63.0 Å². The maximum absolute atomic E-state index is 9.24. The van der Waals surface area contributed by atoms with Crippen molar-refractivity contribution in [1.82, 2.24) is 24.5 Å². The first-order valence-corrected chi connectivity index (χ1v) is 9.59. The Morgan fingerprint density at radius 2 is 1.96 bits per heavy atom. The second-order valence-electron chi connectivity index (χ2n) is 6.07. The number of aromatic nitrogens is 4. The van der Waals surface area contributed by atoms with E-state index in [1.54, 1.807) is 18.0 Å². The standard InChI is InChI=1S/C18H19N7S/c19-14-15-4-3-6-20-17(15)24-10-8-23(9-11-24)12-13-26-18-22-21-16-5-1-2-7-25(16)18/h1-7H,8-13H2. The second-order valence-corrected chi connectivity index (χ2v) is 7.14. The maximum Gasteiger partial charge on any atom is 0.195 e. The van der Waals surface area contributed by atoms with E-state index in [0.29, 0.717) is 5.56 Å². The zero-order chi connectivity index (χ0) is 17.8. The van der Waals surface area contributed by atoms with Crippen LogP contribution < -0.4 is 4.90 Å². The van der Waals surface area contributed by atoms with E-state index in [-0.39, 0.29) is 0 Å². The molecule has 0 aromatic carbocycles. The Morgan fingerprint density at radius 3 is 2.81 bits per heavy atom. The molecule has 1 fully saturated rings. The van der Waals surface area contributed by atoms with Gasteiger partial charge in [-0.05, 0) is 24.3 Å². The summed E-state index contributed by atoms with van der Waals surface area (Å²) in [5.41, 5.74) is 1.53. The fourth-order valence-corrected chi connectivity index (χ4v) is 4.03. The molecule has 3 aromatic heterocycles. The van der Waals surface area contributed by atoms with Crippen molar-refractivity contribution in [3.8, 4) is 6.07 Å². The number of thioether (sulfide) groups is 1. The van der Waals surface area contributed by atoms with Gasteiger partial charge in [0.15, 0.2) is 10.8 Å². The van der Waals surface area contributed by atoms with Crippen LogP contribution >= 0.6 is 11.8 Å². The molecule has 0 amide bonds. The molecule has 0 spiro atoms. The van der Waals surface area contributed by atoms with Gasteiger partial charge in [-0.15, -0.1) is 10.2 Å². The van der Waals surface area contributed by atoms with Gasteiger partial charge in [0.1, 0.15) is 11.9 Å². The van der Waals surface area contributed by atoms with E-state index in [1.807, 2.05) is 40.9 Å². The molecule has 0 radical (unpaired) electrons. The van der Waals surface area contributed by atoms with Crippen LogP contribution in [0.5, 0.6) is 0 Å². The summed E-state index contributed by atoms with van der Waals surface area (Å²) in [6.45, 7) is 4.74. The lowest BCUT2D eigenvalue weighted by atomic mass is 10.2. The summed E-state index contributed by atoms with van der Waals surface area (Å²) >= 11 is 1.73. The van der Waals surface area contributed by atoms with E-state index in [1.165, 1.54) is 0 Å². The average Bonchev–Trinajstić information content (AvgIpc) is 3.12. The Hall–Kier alpha value is -2.63. The molecule has 132 valence electrons. The summed E-state index contributed by atoms with van der Waals surface area (Å²) in [4.78, 5) is 9.03. The summed E-state index contributed by atoms with van der Waals surface area (Å²) in [7, 11) is 0. The fraction of sp³-hybridized carbons (Fsp3) is 0.333. The minimum absolute atomic E-state index is 0.648. The predicted molar refractivity (Wildman–Crippen MR) is 101 cm³/mol. The van der Waals surface area contributed by atoms with Gasteiger partial charge in [0.05, 0.1) is 5.56 Å². The summed E-state index contributed by atoms with van der Waals surface area (Å²) in [5.74, 6) is 1.78. The Bertz CT molecular complexity index is 924. The molecule has 0 atom stereocenters. The van der Waals surface area contributed by atoms with E-state index in [4.69, 9.17) is 0 Å². The third kappa shape index (κ3) is 3.49. The average molecular weight is 365 g/mol.